The number of carbonyl (C=O) groups excluding carboxylic acids is 1. The maximum atomic E-state index is 12.1. The minimum absolute atomic E-state index is 0.0763. The normalized spacial score (nSPS) is 20.6. The van der Waals surface area contributed by atoms with E-state index in [0.717, 1.165) is 19.5 Å². The smallest absolute Gasteiger partial charge is 0.317 e. The second-order valence-electron chi connectivity index (χ2n) is 5.94. The average Bonchev–Trinajstić information content (AvgIpc) is 2.79. The second-order valence-corrected chi connectivity index (χ2v) is 5.94. The van der Waals surface area contributed by atoms with Gasteiger partial charge in [-0.05, 0) is 46.7 Å². The predicted molar refractivity (Wildman–Crippen MR) is 77.2 cm³/mol. The molecule has 0 bridgehead atoms. The van der Waals surface area contributed by atoms with Crippen LogP contribution in [-0.2, 0) is 0 Å². The lowest BCUT2D eigenvalue weighted by Crippen LogP contribution is -2.49. The first-order chi connectivity index (χ1) is 8.87. The molecule has 1 fully saturated rings. The number of nitrogens with zero attached hydrogens (tertiary/aromatic N) is 2. The molecule has 1 atom stereocenters. The summed E-state index contributed by atoms with van der Waals surface area (Å²) in [4.78, 5) is 16.2. The predicted octanol–water partition coefficient (Wildman–Crippen LogP) is 1.27. The fraction of sp³-hybridized carbons (Fsp3) is 0.929. The lowest BCUT2D eigenvalue weighted by Gasteiger charge is -2.29. The van der Waals surface area contributed by atoms with Crippen molar-refractivity contribution >= 4 is 6.03 Å². The Morgan fingerprint density at radius 3 is 2.68 bits per heavy atom. The zero-order valence-corrected chi connectivity index (χ0v) is 12.8. The van der Waals surface area contributed by atoms with Crippen molar-refractivity contribution in [1.82, 2.24) is 15.1 Å². The molecule has 0 radical (unpaired) electrons. The third kappa shape index (κ3) is 5.37. The van der Waals surface area contributed by atoms with E-state index in [1.807, 2.05) is 6.92 Å². The molecule has 19 heavy (non-hydrogen) atoms. The van der Waals surface area contributed by atoms with Gasteiger partial charge in [-0.15, -0.1) is 0 Å². The molecule has 112 valence electrons. The van der Waals surface area contributed by atoms with E-state index in [1.165, 1.54) is 6.42 Å². The third-order valence-corrected chi connectivity index (χ3v) is 3.64. The quantitative estimate of drug-likeness (QED) is 0.765. The Morgan fingerprint density at radius 2 is 2.16 bits per heavy atom. The first kappa shape index (κ1) is 16.2. The van der Waals surface area contributed by atoms with Crippen molar-refractivity contribution < 1.29 is 9.90 Å². The molecule has 1 aliphatic rings. The van der Waals surface area contributed by atoms with Gasteiger partial charge in [0, 0.05) is 19.1 Å². The highest BCUT2D eigenvalue weighted by atomic mass is 16.3. The Bertz CT molecular complexity index is 289. The van der Waals surface area contributed by atoms with Crippen LogP contribution in [0.3, 0.4) is 0 Å². The molecule has 5 heteroatoms. The maximum absolute atomic E-state index is 12.1. The molecule has 1 rings (SSSR count). The summed E-state index contributed by atoms with van der Waals surface area (Å²) in [5.41, 5.74) is -0.851. The molecule has 2 amide bonds. The van der Waals surface area contributed by atoms with E-state index in [-0.39, 0.29) is 6.03 Å². The van der Waals surface area contributed by atoms with E-state index in [4.69, 9.17) is 0 Å². The molecule has 2 N–H and O–H groups in total. The van der Waals surface area contributed by atoms with Crippen molar-refractivity contribution in [2.75, 3.05) is 32.7 Å². The van der Waals surface area contributed by atoms with Gasteiger partial charge in [-0.3, -0.25) is 4.90 Å². The van der Waals surface area contributed by atoms with E-state index in [1.54, 1.807) is 18.7 Å². The van der Waals surface area contributed by atoms with Crippen LogP contribution in [0.5, 0.6) is 0 Å². The molecule has 0 aliphatic carbocycles. The largest absolute Gasteiger partial charge is 0.389 e. The van der Waals surface area contributed by atoms with Gasteiger partial charge in [-0.25, -0.2) is 4.79 Å². The number of carbonyl (C=O) groups is 1. The Kier molecular flexibility index (Phi) is 6.07. The summed E-state index contributed by atoms with van der Waals surface area (Å²) < 4.78 is 0. The van der Waals surface area contributed by atoms with E-state index in [9.17, 15) is 9.90 Å². The molecule has 0 saturated carbocycles. The Balaban J connectivity index is 2.40. The number of nitrogens with one attached hydrogen (secondary N) is 1. The number of likely N-dealkylation sites (tertiary alicyclic amines) is 1. The van der Waals surface area contributed by atoms with Crippen LogP contribution in [0.15, 0.2) is 0 Å². The van der Waals surface area contributed by atoms with Gasteiger partial charge in [0.05, 0.1) is 12.1 Å². The molecular weight excluding hydrogens is 242 g/mol. The van der Waals surface area contributed by atoms with Crippen LogP contribution in [0.4, 0.5) is 4.79 Å². The Labute approximate surface area is 117 Å². The number of urea groups is 1. The van der Waals surface area contributed by atoms with E-state index >= 15 is 0 Å². The van der Waals surface area contributed by atoms with Crippen LogP contribution in [0, 0.1) is 0 Å². The average molecular weight is 271 g/mol. The minimum Gasteiger partial charge on any atom is -0.389 e. The number of hydrogen-bond acceptors (Lipinski definition) is 3. The summed E-state index contributed by atoms with van der Waals surface area (Å²) in [5.74, 6) is 0. The van der Waals surface area contributed by atoms with E-state index < -0.39 is 5.60 Å². The molecule has 5 nitrogen and oxygen atoms in total. The number of amides is 2. The summed E-state index contributed by atoms with van der Waals surface area (Å²) in [5, 5.41) is 12.8. The van der Waals surface area contributed by atoms with Crippen molar-refractivity contribution in [3.63, 3.8) is 0 Å². The van der Waals surface area contributed by atoms with Crippen molar-refractivity contribution in [2.45, 2.75) is 52.2 Å². The zero-order valence-electron chi connectivity index (χ0n) is 12.8. The second kappa shape index (κ2) is 7.10. The maximum Gasteiger partial charge on any atom is 0.317 e. The molecule has 1 aliphatic heterocycles. The first-order valence-corrected chi connectivity index (χ1v) is 7.36. The molecule has 0 aromatic heterocycles. The number of aliphatic hydroxyl groups is 1. The van der Waals surface area contributed by atoms with Crippen molar-refractivity contribution in [2.24, 2.45) is 0 Å². The molecule has 1 heterocycles. The fourth-order valence-electron chi connectivity index (χ4n) is 2.65. The molecule has 0 aromatic carbocycles. The number of rotatable bonds is 6. The summed E-state index contributed by atoms with van der Waals surface area (Å²) in [6, 6.07) is 0.391. The van der Waals surface area contributed by atoms with Crippen LogP contribution in [0.25, 0.3) is 0 Å². The fourth-order valence-corrected chi connectivity index (χ4v) is 2.65. The number of hydrogen-bond donors (Lipinski definition) is 2. The van der Waals surface area contributed by atoms with Crippen molar-refractivity contribution in [1.29, 1.82) is 0 Å². The van der Waals surface area contributed by atoms with Crippen molar-refractivity contribution in [3.8, 4) is 0 Å². The van der Waals surface area contributed by atoms with Crippen LogP contribution >= 0.6 is 0 Å². The van der Waals surface area contributed by atoms with Gasteiger partial charge in [-0.1, -0.05) is 6.92 Å². The summed E-state index contributed by atoms with van der Waals surface area (Å²) in [7, 11) is 0. The summed E-state index contributed by atoms with van der Waals surface area (Å²) in [6.45, 7) is 11.4. The summed E-state index contributed by atoms with van der Waals surface area (Å²) in [6.07, 6.45) is 2.38. The Morgan fingerprint density at radius 1 is 1.47 bits per heavy atom. The highest BCUT2D eigenvalue weighted by Crippen LogP contribution is 2.15. The van der Waals surface area contributed by atoms with Crippen LogP contribution in [0.1, 0.15) is 40.5 Å². The SMILES string of the molecule is CCN(CC(C)(C)O)C(=O)NCC1CCCN1CC. The monoisotopic (exact) mass is 271 g/mol. The van der Waals surface area contributed by atoms with Crippen LogP contribution in [0.2, 0.25) is 0 Å². The van der Waals surface area contributed by atoms with Crippen molar-refractivity contribution in [3.05, 3.63) is 0 Å². The van der Waals surface area contributed by atoms with Crippen LogP contribution in [-0.4, -0.2) is 65.3 Å². The lowest BCUT2D eigenvalue weighted by atomic mass is 10.1. The topological polar surface area (TPSA) is 55.8 Å². The molecule has 0 aromatic rings. The number of likely N-dealkylation sites (N-methyl/N-ethyl adjacent to an activating group) is 2. The minimum atomic E-state index is -0.851. The molecule has 1 saturated heterocycles. The van der Waals surface area contributed by atoms with Crippen LogP contribution < -0.4 is 5.32 Å². The van der Waals surface area contributed by atoms with Gasteiger partial charge in [0.2, 0.25) is 0 Å². The Hall–Kier alpha value is -0.810. The highest BCUT2D eigenvalue weighted by molar-refractivity contribution is 5.74. The van der Waals surface area contributed by atoms with Gasteiger partial charge >= 0.3 is 6.03 Å². The third-order valence-electron chi connectivity index (χ3n) is 3.64. The summed E-state index contributed by atoms with van der Waals surface area (Å²) >= 11 is 0. The molecular formula is C14H29N3O2. The molecule has 0 spiro atoms. The highest BCUT2D eigenvalue weighted by Gasteiger charge is 2.25. The lowest BCUT2D eigenvalue weighted by molar-refractivity contribution is 0.0478. The standard InChI is InChI=1S/C14H29N3O2/c1-5-16-9-7-8-12(16)10-15-13(18)17(6-2)11-14(3,4)19/h12,19H,5-11H2,1-4H3,(H,15,18). The first-order valence-electron chi connectivity index (χ1n) is 7.36. The zero-order chi connectivity index (χ0) is 14.5. The van der Waals surface area contributed by atoms with Gasteiger partial charge in [-0.2, -0.15) is 0 Å². The van der Waals surface area contributed by atoms with Gasteiger partial charge in [0.1, 0.15) is 0 Å². The molecule has 1 unspecified atom stereocenters. The van der Waals surface area contributed by atoms with Gasteiger partial charge < -0.3 is 15.3 Å². The van der Waals surface area contributed by atoms with E-state index in [0.29, 0.717) is 25.7 Å². The van der Waals surface area contributed by atoms with Gasteiger partial charge in [0.25, 0.3) is 0 Å². The van der Waals surface area contributed by atoms with Gasteiger partial charge in [0.15, 0.2) is 0 Å². The van der Waals surface area contributed by atoms with E-state index in [2.05, 4.69) is 17.1 Å².